The first-order valence-electron chi connectivity index (χ1n) is 7.94. The summed E-state index contributed by atoms with van der Waals surface area (Å²) in [6, 6.07) is 0. The van der Waals surface area contributed by atoms with Gasteiger partial charge in [-0.2, -0.15) is 0 Å². The largest absolute Gasteiger partial charge is 0.445 e. The maximum atomic E-state index is 12.0. The number of rotatable bonds is 2. The molecule has 3 nitrogen and oxygen atoms in total. The van der Waals surface area contributed by atoms with Crippen LogP contribution in [0.1, 0.15) is 66.6 Å². The Morgan fingerprint density at radius 2 is 1.65 bits per heavy atom. The smallest absolute Gasteiger partial charge is 0.194 e. The van der Waals surface area contributed by atoms with E-state index >= 15 is 0 Å². The highest BCUT2D eigenvalue weighted by molar-refractivity contribution is 5.98. The zero-order valence-corrected chi connectivity index (χ0v) is 12.3. The highest BCUT2D eigenvalue weighted by atomic mass is 16.4. The summed E-state index contributed by atoms with van der Waals surface area (Å²) in [5.41, 5.74) is 7.98. The molecule has 20 heavy (non-hydrogen) atoms. The molecule has 0 unspecified atom stereocenters. The van der Waals surface area contributed by atoms with Gasteiger partial charge in [0.05, 0.1) is 5.56 Å². The molecule has 0 aliphatic heterocycles. The van der Waals surface area contributed by atoms with Gasteiger partial charge in [-0.25, -0.2) is 0 Å². The number of aryl methyl sites for hydroxylation is 1. The van der Waals surface area contributed by atoms with Gasteiger partial charge in [0.25, 0.3) is 0 Å². The van der Waals surface area contributed by atoms with Gasteiger partial charge in [0, 0.05) is 5.56 Å². The van der Waals surface area contributed by atoms with Gasteiger partial charge >= 0.3 is 0 Å². The SMILES string of the molecule is CC(=O)c1c(C)oc(N)c1C1C2CC3CC(C2)CC1C3. The summed E-state index contributed by atoms with van der Waals surface area (Å²) in [6.07, 6.45) is 6.77. The summed E-state index contributed by atoms with van der Waals surface area (Å²) in [7, 11) is 0. The minimum atomic E-state index is 0.103. The molecular weight excluding hydrogens is 250 g/mol. The number of furan rings is 1. The lowest BCUT2D eigenvalue weighted by atomic mass is 9.50. The molecule has 0 atom stereocenters. The Morgan fingerprint density at radius 1 is 1.10 bits per heavy atom. The molecule has 0 spiro atoms. The number of carbonyl (C=O) groups is 1. The van der Waals surface area contributed by atoms with Gasteiger partial charge in [-0.15, -0.1) is 0 Å². The monoisotopic (exact) mass is 273 g/mol. The van der Waals surface area contributed by atoms with Crippen LogP contribution >= 0.6 is 0 Å². The van der Waals surface area contributed by atoms with Crippen molar-refractivity contribution in [3.63, 3.8) is 0 Å². The van der Waals surface area contributed by atoms with E-state index in [4.69, 9.17) is 10.2 Å². The van der Waals surface area contributed by atoms with Gasteiger partial charge in [-0.05, 0) is 75.5 Å². The molecule has 108 valence electrons. The average molecular weight is 273 g/mol. The first-order valence-corrected chi connectivity index (χ1v) is 7.94. The number of Topliss-reactive ketones (excluding diaryl/α,β-unsaturated/α-hetero) is 1. The first kappa shape index (κ1) is 12.5. The number of hydrogen-bond donors (Lipinski definition) is 1. The van der Waals surface area contributed by atoms with E-state index < -0.39 is 0 Å². The lowest BCUT2D eigenvalue weighted by Gasteiger charge is -2.54. The normalized spacial score (nSPS) is 38.4. The second-order valence-corrected chi connectivity index (χ2v) is 7.32. The van der Waals surface area contributed by atoms with Crippen molar-refractivity contribution in [2.75, 3.05) is 5.73 Å². The molecular formula is C17H23NO2. The van der Waals surface area contributed by atoms with Crippen molar-refractivity contribution in [3.8, 4) is 0 Å². The maximum absolute atomic E-state index is 12.0. The predicted octanol–water partition coefficient (Wildman–Crippen LogP) is 3.91. The Morgan fingerprint density at radius 3 is 2.15 bits per heavy atom. The Labute approximate surface area is 119 Å². The zero-order chi connectivity index (χ0) is 14.0. The van der Waals surface area contributed by atoms with E-state index in [0.29, 0.717) is 17.6 Å². The van der Waals surface area contributed by atoms with Crippen LogP contribution in [0, 0.1) is 30.6 Å². The summed E-state index contributed by atoms with van der Waals surface area (Å²) in [6.45, 7) is 3.50. The lowest BCUT2D eigenvalue weighted by Crippen LogP contribution is -2.44. The van der Waals surface area contributed by atoms with Gasteiger partial charge in [0.15, 0.2) is 11.7 Å². The fourth-order valence-electron chi connectivity index (χ4n) is 5.75. The maximum Gasteiger partial charge on any atom is 0.194 e. The van der Waals surface area contributed by atoms with Crippen molar-refractivity contribution >= 4 is 11.7 Å². The van der Waals surface area contributed by atoms with Crippen molar-refractivity contribution in [1.29, 1.82) is 0 Å². The van der Waals surface area contributed by atoms with Crippen molar-refractivity contribution in [2.24, 2.45) is 23.7 Å². The van der Waals surface area contributed by atoms with Gasteiger partial charge < -0.3 is 10.2 Å². The van der Waals surface area contributed by atoms with Crippen LogP contribution in [0.3, 0.4) is 0 Å². The van der Waals surface area contributed by atoms with Crippen LogP contribution < -0.4 is 5.73 Å². The molecule has 5 rings (SSSR count). The van der Waals surface area contributed by atoms with Crippen molar-refractivity contribution in [3.05, 3.63) is 16.9 Å². The fraction of sp³-hybridized carbons (Fsp3) is 0.706. The highest BCUT2D eigenvalue weighted by Crippen LogP contribution is 2.61. The molecule has 4 aliphatic rings. The number of nitrogens with two attached hydrogens (primary N) is 1. The number of nitrogen functional groups attached to an aromatic ring is 1. The second kappa shape index (κ2) is 4.12. The number of hydrogen-bond acceptors (Lipinski definition) is 3. The van der Waals surface area contributed by atoms with Crippen molar-refractivity contribution in [1.82, 2.24) is 0 Å². The van der Waals surface area contributed by atoms with Gasteiger partial charge in [-0.1, -0.05) is 0 Å². The summed E-state index contributed by atoms with van der Waals surface area (Å²) in [5.74, 6) is 5.11. The number of ketones is 1. The van der Waals surface area contributed by atoms with Crippen LogP contribution in [0.15, 0.2) is 4.42 Å². The Hall–Kier alpha value is -1.25. The topological polar surface area (TPSA) is 56.2 Å². The van der Waals surface area contributed by atoms with E-state index in [1.807, 2.05) is 6.92 Å². The standard InChI is InChI=1S/C17H23NO2/c1-8(19)14-9(2)20-17(18)16(14)15-12-4-10-3-11(6-12)7-13(15)5-10/h10-13,15H,3-7,18H2,1-2H3. The second-order valence-electron chi connectivity index (χ2n) is 7.32. The summed E-state index contributed by atoms with van der Waals surface area (Å²) >= 11 is 0. The lowest BCUT2D eigenvalue weighted by molar-refractivity contribution is -0.00283. The molecule has 4 aliphatic carbocycles. The van der Waals surface area contributed by atoms with Crippen LogP contribution in [-0.2, 0) is 0 Å². The summed E-state index contributed by atoms with van der Waals surface area (Å²) in [4.78, 5) is 12.0. The van der Waals surface area contributed by atoms with E-state index in [9.17, 15) is 4.79 Å². The summed E-state index contributed by atoms with van der Waals surface area (Å²) in [5, 5.41) is 0. The minimum absolute atomic E-state index is 0.103. The molecule has 4 saturated carbocycles. The zero-order valence-electron chi connectivity index (χ0n) is 12.3. The molecule has 2 N–H and O–H groups in total. The van der Waals surface area contributed by atoms with E-state index in [1.54, 1.807) is 6.92 Å². The molecule has 0 saturated heterocycles. The molecule has 0 aromatic carbocycles. The average Bonchev–Trinajstić information content (AvgIpc) is 2.63. The third-order valence-corrected chi connectivity index (χ3v) is 6.06. The third kappa shape index (κ3) is 1.61. The fourth-order valence-corrected chi connectivity index (χ4v) is 5.75. The van der Waals surface area contributed by atoms with Crippen LogP contribution in [-0.4, -0.2) is 5.78 Å². The Kier molecular flexibility index (Phi) is 2.57. The molecule has 0 radical (unpaired) electrons. The van der Waals surface area contributed by atoms with Crippen LogP contribution in [0.4, 0.5) is 5.88 Å². The molecule has 0 amide bonds. The highest BCUT2D eigenvalue weighted by Gasteiger charge is 2.50. The van der Waals surface area contributed by atoms with Crippen molar-refractivity contribution < 1.29 is 9.21 Å². The summed E-state index contributed by atoms with van der Waals surface area (Å²) < 4.78 is 5.62. The predicted molar refractivity (Wildman–Crippen MR) is 77.6 cm³/mol. The molecule has 4 bridgehead atoms. The number of anilines is 1. The molecule has 4 fully saturated rings. The molecule has 3 heteroatoms. The van der Waals surface area contributed by atoms with E-state index in [1.165, 1.54) is 32.1 Å². The van der Waals surface area contributed by atoms with E-state index in [0.717, 1.165) is 34.8 Å². The molecule has 1 heterocycles. The van der Waals surface area contributed by atoms with Gasteiger partial charge in [0.2, 0.25) is 0 Å². The van der Waals surface area contributed by atoms with Crippen LogP contribution in [0.5, 0.6) is 0 Å². The molecule has 1 aromatic heterocycles. The quantitative estimate of drug-likeness (QED) is 0.831. The third-order valence-electron chi connectivity index (χ3n) is 6.06. The van der Waals surface area contributed by atoms with Crippen molar-refractivity contribution in [2.45, 2.75) is 51.9 Å². The number of carbonyl (C=O) groups excluding carboxylic acids is 1. The van der Waals surface area contributed by atoms with E-state index in [2.05, 4.69) is 0 Å². The molecule has 1 aromatic rings. The Balaban J connectivity index is 1.80. The van der Waals surface area contributed by atoms with E-state index in [-0.39, 0.29) is 5.78 Å². The first-order chi connectivity index (χ1) is 9.54. The van der Waals surface area contributed by atoms with Gasteiger partial charge in [-0.3, -0.25) is 4.79 Å². The Bertz CT molecular complexity index is 544. The van der Waals surface area contributed by atoms with Crippen LogP contribution in [0.2, 0.25) is 0 Å². The van der Waals surface area contributed by atoms with Crippen LogP contribution in [0.25, 0.3) is 0 Å². The minimum Gasteiger partial charge on any atom is -0.445 e. The van der Waals surface area contributed by atoms with Gasteiger partial charge in [0.1, 0.15) is 5.76 Å².